The smallest absolute Gasteiger partial charge is 0.224 e. The van der Waals surface area contributed by atoms with Crippen molar-refractivity contribution in [1.29, 1.82) is 0 Å². The summed E-state index contributed by atoms with van der Waals surface area (Å²) in [6, 6.07) is 22.6. The summed E-state index contributed by atoms with van der Waals surface area (Å²) < 4.78 is 13.8. The molecule has 5 N–H and O–H groups in total. The summed E-state index contributed by atoms with van der Waals surface area (Å²) in [7, 11) is 0. The minimum atomic E-state index is -0.625. The predicted octanol–water partition coefficient (Wildman–Crippen LogP) is 7.18. The predicted molar refractivity (Wildman–Crippen MR) is 186 cm³/mol. The van der Waals surface area contributed by atoms with Crippen molar-refractivity contribution >= 4 is 52.0 Å². The van der Waals surface area contributed by atoms with Crippen LogP contribution < -0.4 is 16.4 Å². The lowest BCUT2D eigenvalue weighted by Gasteiger charge is -2.36. The number of benzene rings is 3. The van der Waals surface area contributed by atoms with Gasteiger partial charge in [0.25, 0.3) is 0 Å². The average molecular weight is 676 g/mol. The van der Waals surface area contributed by atoms with Gasteiger partial charge in [-0.25, -0.2) is 0 Å². The van der Waals surface area contributed by atoms with Gasteiger partial charge in [0, 0.05) is 36.3 Å². The molecule has 1 aliphatic heterocycles. The number of aryl methyl sites for hydroxylation is 1. The van der Waals surface area contributed by atoms with Crippen LogP contribution in [0.2, 0.25) is 0 Å². The van der Waals surface area contributed by atoms with Crippen molar-refractivity contribution in [2.75, 3.05) is 22.1 Å². The average Bonchev–Trinajstić information content (AvgIpc) is 3.51. The fraction of sp³-hybridized carbons (Fsp3) is 0.371. The number of nitrogen functional groups attached to an aromatic ring is 1. The molecule has 10 nitrogen and oxygen atoms in total. The first-order chi connectivity index (χ1) is 22.9. The number of amides is 2. The molecule has 1 fully saturated rings. The summed E-state index contributed by atoms with van der Waals surface area (Å²) >= 11 is 3.19. The minimum Gasteiger partial charge on any atom is -0.397 e. The normalized spacial score (nSPS) is 17.7. The van der Waals surface area contributed by atoms with Crippen molar-refractivity contribution in [1.82, 2.24) is 10.2 Å². The fourth-order valence-electron chi connectivity index (χ4n) is 5.26. The lowest BCUT2D eigenvalue weighted by atomic mass is 10.0. The number of aliphatic hydroxyl groups excluding tert-OH is 1. The van der Waals surface area contributed by atoms with E-state index in [1.807, 2.05) is 67.6 Å². The molecule has 2 heterocycles. The minimum absolute atomic E-state index is 0.0131. The number of nitrogens with two attached hydrogens (primary N) is 1. The van der Waals surface area contributed by atoms with E-state index in [0.29, 0.717) is 42.1 Å². The number of nitrogens with zero attached hydrogens (tertiary/aromatic N) is 2. The largest absolute Gasteiger partial charge is 0.397 e. The number of carbonyl (C=O) groups is 2. The summed E-state index contributed by atoms with van der Waals surface area (Å²) in [6.45, 7) is 1.93. The molecule has 0 aliphatic carbocycles. The van der Waals surface area contributed by atoms with Crippen LogP contribution in [0.15, 0.2) is 77.1 Å². The molecule has 1 aromatic heterocycles. The van der Waals surface area contributed by atoms with Crippen molar-refractivity contribution in [3.05, 3.63) is 94.5 Å². The van der Waals surface area contributed by atoms with Crippen molar-refractivity contribution in [3.63, 3.8) is 0 Å². The molecular formula is C35H41N5O5S2. The SMILES string of the molecule is Cc1nnc(SCC2CC(c3ccc(CO)cc3)OC(c3cccc(NC(=O)CCCCCCC(=O)Nc4ccccc4N)c3)O2)s1. The third-order valence-electron chi connectivity index (χ3n) is 7.75. The summed E-state index contributed by atoms with van der Waals surface area (Å²) in [4.78, 5) is 25.0. The zero-order valence-corrected chi connectivity index (χ0v) is 28.0. The number of aliphatic hydroxyl groups is 1. The Labute approximate surface area is 283 Å². The van der Waals surface area contributed by atoms with Crippen LogP contribution >= 0.6 is 23.1 Å². The molecule has 0 radical (unpaired) electrons. The van der Waals surface area contributed by atoms with Crippen LogP contribution in [0.25, 0.3) is 0 Å². The number of hydrogen-bond donors (Lipinski definition) is 4. The lowest BCUT2D eigenvalue weighted by Crippen LogP contribution is -2.31. The highest BCUT2D eigenvalue weighted by Gasteiger charge is 2.32. The molecule has 0 saturated carbocycles. The second-order valence-electron chi connectivity index (χ2n) is 11.5. The molecule has 3 atom stereocenters. The second-order valence-corrected chi connectivity index (χ2v) is 13.9. The van der Waals surface area contributed by atoms with Gasteiger partial charge in [-0.3, -0.25) is 9.59 Å². The molecule has 12 heteroatoms. The number of unbranched alkanes of at least 4 members (excludes halogenated alkanes) is 3. The van der Waals surface area contributed by atoms with Gasteiger partial charge < -0.3 is 30.9 Å². The van der Waals surface area contributed by atoms with Crippen LogP contribution in [0.1, 0.15) is 79.0 Å². The second kappa shape index (κ2) is 17.4. The number of aromatic nitrogens is 2. The van der Waals surface area contributed by atoms with Gasteiger partial charge in [-0.15, -0.1) is 10.2 Å². The summed E-state index contributed by atoms with van der Waals surface area (Å²) in [5.74, 6) is 0.574. The molecule has 1 saturated heterocycles. The molecule has 3 unspecified atom stereocenters. The van der Waals surface area contributed by atoms with Gasteiger partial charge in [0.05, 0.1) is 30.2 Å². The first-order valence-electron chi connectivity index (χ1n) is 15.8. The molecule has 47 heavy (non-hydrogen) atoms. The van der Waals surface area contributed by atoms with Gasteiger partial charge >= 0.3 is 0 Å². The van der Waals surface area contributed by atoms with Crippen LogP contribution in [0.4, 0.5) is 17.1 Å². The van der Waals surface area contributed by atoms with E-state index >= 15 is 0 Å². The molecule has 248 valence electrons. The summed E-state index contributed by atoms with van der Waals surface area (Å²) in [5.41, 5.74) is 10.4. The van der Waals surface area contributed by atoms with Gasteiger partial charge in [0.1, 0.15) is 5.01 Å². The van der Waals surface area contributed by atoms with E-state index in [-0.39, 0.29) is 30.6 Å². The quantitative estimate of drug-likeness (QED) is 0.0584. The monoisotopic (exact) mass is 675 g/mol. The van der Waals surface area contributed by atoms with Gasteiger partial charge in [-0.05, 0) is 55.2 Å². The Morgan fingerprint density at radius 3 is 2.36 bits per heavy atom. The van der Waals surface area contributed by atoms with Crippen LogP contribution in [0.3, 0.4) is 0 Å². The molecule has 3 aromatic carbocycles. The van der Waals surface area contributed by atoms with E-state index in [4.69, 9.17) is 15.2 Å². The summed E-state index contributed by atoms with van der Waals surface area (Å²) in [5, 5.41) is 24.6. The van der Waals surface area contributed by atoms with E-state index in [2.05, 4.69) is 20.8 Å². The highest BCUT2D eigenvalue weighted by atomic mass is 32.2. The first-order valence-corrected chi connectivity index (χ1v) is 17.6. The highest BCUT2D eigenvalue weighted by molar-refractivity contribution is 8.01. The fourth-order valence-corrected chi connectivity index (χ4v) is 7.12. The topological polar surface area (TPSA) is 149 Å². The zero-order valence-electron chi connectivity index (χ0n) is 26.4. The third-order valence-corrected chi connectivity index (χ3v) is 9.85. The molecular weight excluding hydrogens is 635 g/mol. The van der Waals surface area contributed by atoms with E-state index in [1.54, 1.807) is 35.2 Å². The third kappa shape index (κ3) is 10.6. The number of para-hydroxylation sites is 2. The highest BCUT2D eigenvalue weighted by Crippen LogP contribution is 2.40. The molecule has 0 spiro atoms. The van der Waals surface area contributed by atoms with Crippen molar-refractivity contribution in [3.8, 4) is 0 Å². The number of rotatable bonds is 15. The molecule has 5 rings (SSSR count). The Morgan fingerprint density at radius 1 is 0.915 bits per heavy atom. The summed E-state index contributed by atoms with van der Waals surface area (Å²) in [6.07, 6.45) is 3.73. The zero-order chi connectivity index (χ0) is 33.0. The first kappa shape index (κ1) is 34.5. The number of hydrogen-bond acceptors (Lipinski definition) is 10. The molecule has 2 amide bonds. The van der Waals surface area contributed by atoms with E-state index in [1.165, 1.54) is 0 Å². The van der Waals surface area contributed by atoms with E-state index in [9.17, 15) is 14.7 Å². The molecule has 1 aliphatic rings. The maximum atomic E-state index is 12.8. The van der Waals surface area contributed by atoms with Crippen LogP contribution in [0.5, 0.6) is 0 Å². The number of thioether (sulfide) groups is 1. The maximum absolute atomic E-state index is 12.8. The number of carbonyl (C=O) groups excluding carboxylic acids is 2. The van der Waals surface area contributed by atoms with Crippen molar-refractivity contribution in [2.24, 2.45) is 0 Å². The lowest BCUT2D eigenvalue weighted by molar-refractivity contribution is -0.245. The van der Waals surface area contributed by atoms with Gasteiger partial charge in [-0.1, -0.05) is 84.5 Å². The Morgan fingerprint density at radius 2 is 1.66 bits per heavy atom. The Hall–Kier alpha value is -3.81. The number of ether oxygens (including phenoxy) is 2. The van der Waals surface area contributed by atoms with E-state index < -0.39 is 6.29 Å². The van der Waals surface area contributed by atoms with Crippen LogP contribution in [-0.2, 0) is 25.7 Å². The number of nitrogens with one attached hydrogen (secondary N) is 2. The van der Waals surface area contributed by atoms with Crippen molar-refractivity contribution < 1.29 is 24.2 Å². The maximum Gasteiger partial charge on any atom is 0.224 e. The molecule has 0 bridgehead atoms. The van der Waals surface area contributed by atoms with Crippen molar-refractivity contribution in [2.45, 2.75) is 81.3 Å². The molecule has 4 aromatic rings. The Bertz CT molecular complexity index is 1620. The van der Waals surface area contributed by atoms with Gasteiger partial charge in [0.15, 0.2) is 10.6 Å². The Balaban J connectivity index is 1.11. The van der Waals surface area contributed by atoms with Crippen LogP contribution in [-0.4, -0.2) is 39.0 Å². The van der Waals surface area contributed by atoms with E-state index in [0.717, 1.165) is 51.7 Å². The standard InChI is InChI=1S/C35H41N5O5S2/c1-23-39-40-35(47-23)46-22-28-20-31(25-17-15-24(21-41)16-18-25)45-34(44-28)26-9-8-10-27(19-26)37-32(42)13-4-2-3-5-14-33(43)38-30-12-7-6-11-29(30)36/h6-12,15-19,28,31,34,41H,2-5,13-14,20-22,36H2,1H3,(H,37,42)(H,38,43). The number of anilines is 3. The van der Waals surface area contributed by atoms with Gasteiger partial charge in [-0.2, -0.15) is 0 Å². The van der Waals surface area contributed by atoms with Gasteiger partial charge in [0.2, 0.25) is 11.8 Å². The Kier molecular flexibility index (Phi) is 12.8. The van der Waals surface area contributed by atoms with Crippen LogP contribution in [0, 0.1) is 6.92 Å².